The third-order valence-electron chi connectivity index (χ3n) is 2.80. The van der Waals surface area contributed by atoms with E-state index in [4.69, 9.17) is 4.18 Å². The Kier molecular flexibility index (Phi) is 6.52. The SMILES string of the molecule is CSOc1cccc(C(=O)Nc2cc(S(=O)[O-])cc(S(=O)[O-])c2)c1. The lowest BCUT2D eigenvalue weighted by Crippen LogP contribution is -2.12. The third kappa shape index (κ3) is 4.89. The van der Waals surface area contributed by atoms with Gasteiger partial charge in [0.25, 0.3) is 5.91 Å². The number of anilines is 1. The zero-order valence-corrected chi connectivity index (χ0v) is 14.7. The van der Waals surface area contributed by atoms with Gasteiger partial charge in [0.1, 0.15) is 5.75 Å². The van der Waals surface area contributed by atoms with E-state index in [1.165, 1.54) is 18.2 Å². The summed E-state index contributed by atoms with van der Waals surface area (Å²) in [4.78, 5) is 11.8. The summed E-state index contributed by atoms with van der Waals surface area (Å²) in [7, 11) is 0. The van der Waals surface area contributed by atoms with Crippen LogP contribution in [0.1, 0.15) is 10.4 Å². The van der Waals surface area contributed by atoms with Gasteiger partial charge in [-0.25, -0.2) is 0 Å². The van der Waals surface area contributed by atoms with Gasteiger partial charge in [-0.05, 0) is 58.6 Å². The number of carbonyl (C=O) groups is 1. The molecule has 0 aliphatic heterocycles. The summed E-state index contributed by atoms with van der Waals surface area (Å²) in [6, 6.07) is 9.68. The van der Waals surface area contributed by atoms with Crippen molar-refractivity contribution < 1.29 is 26.5 Å². The summed E-state index contributed by atoms with van der Waals surface area (Å²) in [6.45, 7) is 0. The van der Waals surface area contributed by atoms with Gasteiger partial charge in [0.05, 0.1) is 12.0 Å². The fourth-order valence-corrected chi connectivity index (χ4v) is 3.09. The highest BCUT2D eigenvalue weighted by atomic mass is 32.2. The van der Waals surface area contributed by atoms with E-state index < -0.39 is 28.1 Å². The van der Waals surface area contributed by atoms with Crippen molar-refractivity contribution in [1.82, 2.24) is 0 Å². The zero-order chi connectivity index (χ0) is 17.7. The monoisotopic (exact) mass is 385 g/mol. The van der Waals surface area contributed by atoms with Gasteiger partial charge in [-0.3, -0.25) is 13.2 Å². The second-order valence-corrected chi connectivity index (χ2v) is 6.78. The second-order valence-electron chi connectivity index (χ2n) is 4.39. The van der Waals surface area contributed by atoms with Crippen molar-refractivity contribution >= 4 is 45.8 Å². The first-order chi connectivity index (χ1) is 11.4. The molecule has 2 aromatic carbocycles. The van der Waals surface area contributed by atoms with Crippen LogP contribution in [0, 0.1) is 0 Å². The van der Waals surface area contributed by atoms with Gasteiger partial charge >= 0.3 is 0 Å². The Morgan fingerprint density at radius 3 is 2.25 bits per heavy atom. The second kappa shape index (κ2) is 8.40. The van der Waals surface area contributed by atoms with Crippen LogP contribution in [-0.4, -0.2) is 29.7 Å². The zero-order valence-electron chi connectivity index (χ0n) is 12.2. The van der Waals surface area contributed by atoms with Crippen molar-refractivity contribution in [2.45, 2.75) is 9.79 Å². The quantitative estimate of drug-likeness (QED) is 0.597. The number of hydrogen-bond acceptors (Lipinski definition) is 7. The van der Waals surface area contributed by atoms with E-state index >= 15 is 0 Å². The van der Waals surface area contributed by atoms with Crippen molar-refractivity contribution in [3.63, 3.8) is 0 Å². The average molecular weight is 385 g/mol. The highest BCUT2D eigenvalue weighted by Gasteiger charge is 2.10. The van der Waals surface area contributed by atoms with Crippen LogP contribution < -0.4 is 9.50 Å². The standard InChI is InChI=1S/C14H13NO6S3/c1-22-21-11-4-2-3-9(5-11)14(16)15-10-6-12(23(17)18)8-13(7-10)24(19)20/h2-8H,1H3,(H,15,16)(H,17,18)(H,19,20)/p-2. The van der Waals surface area contributed by atoms with Crippen LogP contribution in [0.25, 0.3) is 0 Å². The minimum Gasteiger partial charge on any atom is -0.768 e. The Hall–Kier alpha value is -1.72. The minimum absolute atomic E-state index is 0.0529. The van der Waals surface area contributed by atoms with Gasteiger partial charge in [-0.1, -0.05) is 6.07 Å². The Morgan fingerprint density at radius 1 is 1.08 bits per heavy atom. The van der Waals surface area contributed by atoms with Crippen LogP contribution in [0.5, 0.6) is 5.75 Å². The summed E-state index contributed by atoms with van der Waals surface area (Å²) < 4.78 is 49.5. The molecule has 0 aromatic heterocycles. The molecule has 128 valence electrons. The van der Waals surface area contributed by atoms with Gasteiger partial charge in [0.2, 0.25) is 0 Å². The Labute approximate surface area is 147 Å². The molecule has 10 heteroatoms. The average Bonchev–Trinajstić information content (AvgIpc) is 2.55. The third-order valence-corrected chi connectivity index (χ3v) is 4.40. The molecule has 0 saturated heterocycles. The van der Waals surface area contributed by atoms with E-state index in [1.54, 1.807) is 24.5 Å². The summed E-state index contributed by atoms with van der Waals surface area (Å²) in [5, 5.41) is 2.47. The smallest absolute Gasteiger partial charge is 0.255 e. The Morgan fingerprint density at radius 2 is 1.71 bits per heavy atom. The molecule has 0 aliphatic rings. The summed E-state index contributed by atoms with van der Waals surface area (Å²) in [6.07, 6.45) is 1.73. The lowest BCUT2D eigenvalue weighted by atomic mass is 10.2. The minimum atomic E-state index is -2.63. The van der Waals surface area contributed by atoms with Crippen molar-refractivity contribution in [2.75, 3.05) is 11.6 Å². The topological polar surface area (TPSA) is 119 Å². The molecule has 0 heterocycles. The lowest BCUT2D eigenvalue weighted by Gasteiger charge is -2.14. The molecule has 1 N–H and O–H groups in total. The number of hydrogen-bond donors (Lipinski definition) is 1. The number of carbonyl (C=O) groups excluding carboxylic acids is 1. The highest BCUT2D eigenvalue weighted by molar-refractivity contribution is 7.94. The maximum Gasteiger partial charge on any atom is 0.255 e. The molecule has 2 atom stereocenters. The Balaban J connectivity index is 2.29. The molecule has 0 bridgehead atoms. The number of nitrogens with one attached hydrogen (secondary N) is 1. The normalized spacial score (nSPS) is 13.1. The molecule has 1 amide bonds. The largest absolute Gasteiger partial charge is 0.768 e. The van der Waals surface area contributed by atoms with Crippen LogP contribution in [0.3, 0.4) is 0 Å². The van der Waals surface area contributed by atoms with E-state index in [0.717, 1.165) is 18.1 Å². The maximum atomic E-state index is 12.3. The van der Waals surface area contributed by atoms with E-state index in [1.807, 2.05) is 0 Å². The van der Waals surface area contributed by atoms with E-state index in [-0.39, 0.29) is 21.0 Å². The first-order valence-electron chi connectivity index (χ1n) is 6.36. The van der Waals surface area contributed by atoms with Crippen molar-refractivity contribution in [2.24, 2.45) is 0 Å². The van der Waals surface area contributed by atoms with Crippen LogP contribution in [0.2, 0.25) is 0 Å². The predicted molar refractivity (Wildman–Crippen MR) is 89.4 cm³/mol. The first-order valence-corrected chi connectivity index (χ1v) is 9.66. The van der Waals surface area contributed by atoms with Gasteiger partial charge in [-0.15, -0.1) is 0 Å². The molecule has 0 saturated carbocycles. The van der Waals surface area contributed by atoms with E-state index in [0.29, 0.717) is 5.75 Å². The van der Waals surface area contributed by atoms with Crippen LogP contribution in [-0.2, 0) is 22.2 Å². The summed E-state index contributed by atoms with van der Waals surface area (Å²) in [5.41, 5.74) is 0.331. The molecular formula is C14H11NO6S3-2. The van der Waals surface area contributed by atoms with Crippen LogP contribution in [0.4, 0.5) is 5.69 Å². The molecule has 0 fully saturated rings. The van der Waals surface area contributed by atoms with E-state index in [9.17, 15) is 22.3 Å². The number of amides is 1. The van der Waals surface area contributed by atoms with Gasteiger partial charge in [0, 0.05) is 27.3 Å². The number of benzene rings is 2. The molecule has 7 nitrogen and oxygen atoms in total. The van der Waals surface area contributed by atoms with Gasteiger partial charge in [0.15, 0.2) is 0 Å². The maximum absolute atomic E-state index is 12.3. The molecule has 2 aromatic rings. The van der Waals surface area contributed by atoms with Crippen molar-refractivity contribution in [3.8, 4) is 5.75 Å². The summed E-state index contributed by atoms with van der Waals surface area (Å²) in [5.74, 6) is -0.0519. The highest BCUT2D eigenvalue weighted by Crippen LogP contribution is 2.21. The molecular weight excluding hydrogens is 374 g/mol. The molecule has 0 aliphatic carbocycles. The van der Waals surface area contributed by atoms with Crippen LogP contribution >= 0.6 is 12.0 Å². The van der Waals surface area contributed by atoms with Gasteiger partial charge in [-0.2, -0.15) is 0 Å². The summed E-state index contributed by atoms with van der Waals surface area (Å²) >= 11 is -4.14. The molecule has 2 unspecified atom stereocenters. The fraction of sp³-hybridized carbons (Fsp3) is 0.0714. The van der Waals surface area contributed by atoms with Gasteiger partial charge < -0.3 is 18.6 Å². The molecule has 2 rings (SSSR count). The molecule has 0 spiro atoms. The van der Waals surface area contributed by atoms with Crippen molar-refractivity contribution in [1.29, 1.82) is 0 Å². The first kappa shape index (κ1) is 18.6. The predicted octanol–water partition coefficient (Wildman–Crippen LogP) is 2.07. The van der Waals surface area contributed by atoms with Crippen LogP contribution in [0.15, 0.2) is 52.3 Å². The van der Waals surface area contributed by atoms with E-state index in [2.05, 4.69) is 5.32 Å². The lowest BCUT2D eigenvalue weighted by molar-refractivity contribution is 0.102. The molecule has 0 radical (unpaired) electrons. The van der Waals surface area contributed by atoms with Crippen molar-refractivity contribution in [3.05, 3.63) is 48.0 Å². The fourth-order valence-electron chi connectivity index (χ4n) is 1.83. The number of rotatable bonds is 6. The molecule has 24 heavy (non-hydrogen) atoms. The Bertz CT molecular complexity index is 779.